The second-order valence-electron chi connectivity index (χ2n) is 7.92. The highest BCUT2D eigenvalue weighted by Crippen LogP contribution is 2.44. The van der Waals surface area contributed by atoms with Gasteiger partial charge in [-0.05, 0) is 28.2 Å². The van der Waals surface area contributed by atoms with Crippen molar-refractivity contribution in [1.29, 1.82) is 0 Å². The summed E-state index contributed by atoms with van der Waals surface area (Å²) >= 11 is 0. The maximum atomic E-state index is 12.6. The first-order valence-corrected chi connectivity index (χ1v) is 10.6. The monoisotopic (exact) mass is 440 g/mol. The van der Waals surface area contributed by atoms with Crippen molar-refractivity contribution in [3.8, 4) is 11.1 Å². The number of aliphatic carboxylic acids is 1. The third-order valence-electron chi connectivity index (χ3n) is 5.91. The van der Waals surface area contributed by atoms with Crippen LogP contribution in [0.5, 0.6) is 0 Å². The van der Waals surface area contributed by atoms with Crippen LogP contribution < -0.4 is 10.6 Å². The average molecular weight is 440 g/mol. The van der Waals surface area contributed by atoms with Crippen molar-refractivity contribution in [2.45, 2.75) is 38.3 Å². The van der Waals surface area contributed by atoms with Gasteiger partial charge in [-0.2, -0.15) is 0 Å². The SMILES string of the molecule is CCC(C)C(NC(=O)OCC1c2ccccc2-c2ccccc21)C(=O)N[C@H](CO)C(=O)O. The molecule has 0 saturated carbocycles. The van der Waals surface area contributed by atoms with Crippen molar-refractivity contribution in [3.63, 3.8) is 0 Å². The Hall–Kier alpha value is -3.39. The Kier molecular flexibility index (Phi) is 7.48. The number of carboxylic acid groups (broad SMARTS) is 1. The Morgan fingerprint density at radius 3 is 2.06 bits per heavy atom. The molecule has 1 aliphatic carbocycles. The third-order valence-corrected chi connectivity index (χ3v) is 5.91. The van der Waals surface area contributed by atoms with Gasteiger partial charge in [0.05, 0.1) is 6.61 Å². The first-order chi connectivity index (χ1) is 15.4. The van der Waals surface area contributed by atoms with Gasteiger partial charge in [0.15, 0.2) is 0 Å². The quantitative estimate of drug-likeness (QED) is 0.475. The zero-order chi connectivity index (χ0) is 23.3. The van der Waals surface area contributed by atoms with E-state index < -0.39 is 36.7 Å². The Morgan fingerprint density at radius 2 is 1.56 bits per heavy atom. The zero-order valence-electron chi connectivity index (χ0n) is 18.1. The van der Waals surface area contributed by atoms with Crippen LogP contribution in [0.15, 0.2) is 48.5 Å². The largest absolute Gasteiger partial charge is 0.480 e. The number of carbonyl (C=O) groups excluding carboxylic acids is 2. The van der Waals surface area contributed by atoms with E-state index in [4.69, 9.17) is 14.9 Å². The summed E-state index contributed by atoms with van der Waals surface area (Å²) in [6, 6.07) is 13.5. The van der Waals surface area contributed by atoms with Crippen LogP contribution in [0.4, 0.5) is 4.79 Å². The van der Waals surface area contributed by atoms with Crippen LogP contribution in [0.1, 0.15) is 37.3 Å². The number of hydrogen-bond donors (Lipinski definition) is 4. The Labute approximate surface area is 186 Å². The lowest BCUT2D eigenvalue weighted by atomic mass is 9.98. The molecule has 3 rings (SSSR count). The molecule has 8 heteroatoms. The second-order valence-corrected chi connectivity index (χ2v) is 7.92. The lowest BCUT2D eigenvalue weighted by Gasteiger charge is -2.25. The lowest BCUT2D eigenvalue weighted by Crippen LogP contribution is -2.55. The summed E-state index contributed by atoms with van der Waals surface area (Å²) in [6.07, 6.45) is -0.193. The summed E-state index contributed by atoms with van der Waals surface area (Å²) in [7, 11) is 0. The number of alkyl carbamates (subject to hydrolysis) is 1. The molecule has 2 amide bonds. The number of amides is 2. The van der Waals surface area contributed by atoms with Gasteiger partial charge in [-0.3, -0.25) is 4.79 Å². The van der Waals surface area contributed by atoms with Crippen LogP contribution in [0.2, 0.25) is 0 Å². The first kappa shape index (κ1) is 23.3. The number of carboxylic acids is 1. The minimum Gasteiger partial charge on any atom is -0.480 e. The van der Waals surface area contributed by atoms with Gasteiger partial charge >= 0.3 is 12.1 Å². The van der Waals surface area contributed by atoms with E-state index in [-0.39, 0.29) is 18.4 Å². The minimum absolute atomic E-state index is 0.100. The van der Waals surface area contributed by atoms with Crippen molar-refractivity contribution in [2.75, 3.05) is 13.2 Å². The number of rotatable bonds is 9. The summed E-state index contributed by atoms with van der Waals surface area (Å²) in [5.41, 5.74) is 4.37. The molecule has 0 aliphatic heterocycles. The summed E-state index contributed by atoms with van der Waals surface area (Å²) in [4.78, 5) is 36.3. The zero-order valence-corrected chi connectivity index (χ0v) is 18.1. The highest BCUT2D eigenvalue weighted by Gasteiger charge is 2.32. The molecular formula is C24H28N2O6. The van der Waals surface area contributed by atoms with E-state index in [0.29, 0.717) is 6.42 Å². The van der Waals surface area contributed by atoms with Gasteiger partial charge in [-0.1, -0.05) is 68.8 Å². The Morgan fingerprint density at radius 1 is 1.00 bits per heavy atom. The third kappa shape index (κ3) is 4.91. The maximum Gasteiger partial charge on any atom is 0.407 e. The fraction of sp³-hybridized carbons (Fsp3) is 0.375. The summed E-state index contributed by atoms with van der Waals surface area (Å²) < 4.78 is 5.50. The van der Waals surface area contributed by atoms with E-state index in [2.05, 4.69) is 10.6 Å². The van der Waals surface area contributed by atoms with Crippen molar-refractivity contribution in [3.05, 3.63) is 59.7 Å². The van der Waals surface area contributed by atoms with Crippen molar-refractivity contribution in [2.24, 2.45) is 5.92 Å². The van der Waals surface area contributed by atoms with E-state index in [1.54, 1.807) is 6.92 Å². The molecule has 2 aromatic carbocycles. The average Bonchev–Trinajstić information content (AvgIpc) is 3.12. The van der Waals surface area contributed by atoms with Gasteiger partial charge in [-0.25, -0.2) is 9.59 Å². The topological polar surface area (TPSA) is 125 Å². The molecule has 2 unspecified atom stereocenters. The number of aliphatic hydroxyl groups excluding tert-OH is 1. The number of aliphatic hydroxyl groups is 1. The highest BCUT2D eigenvalue weighted by atomic mass is 16.5. The number of carbonyl (C=O) groups is 3. The highest BCUT2D eigenvalue weighted by molar-refractivity contribution is 5.89. The molecule has 0 fully saturated rings. The number of fused-ring (bicyclic) bond motifs is 3. The minimum atomic E-state index is -1.45. The van der Waals surface area contributed by atoms with Crippen molar-refractivity contribution in [1.82, 2.24) is 10.6 Å². The summed E-state index contributed by atoms with van der Waals surface area (Å²) in [6.45, 7) is 2.97. The molecule has 0 aromatic heterocycles. The number of nitrogens with one attached hydrogen (secondary N) is 2. The summed E-state index contributed by atoms with van der Waals surface area (Å²) in [5, 5.41) is 23.0. The lowest BCUT2D eigenvalue weighted by molar-refractivity contribution is -0.143. The molecule has 0 saturated heterocycles. The summed E-state index contributed by atoms with van der Waals surface area (Å²) in [5.74, 6) is -2.43. The van der Waals surface area contributed by atoms with E-state index in [0.717, 1.165) is 22.3 Å². The standard InChI is InChI=1S/C24H28N2O6/c1-3-14(2)21(22(28)25-20(12-27)23(29)30)26-24(31)32-13-19-17-10-6-4-8-15(17)16-9-5-7-11-18(16)19/h4-11,14,19-21,27H,3,12-13H2,1-2H3,(H,25,28)(H,26,31)(H,29,30)/t14?,20-,21?/m1/s1. The Balaban J connectivity index is 1.68. The van der Waals surface area contributed by atoms with Crippen LogP contribution in [0.25, 0.3) is 11.1 Å². The van der Waals surface area contributed by atoms with Gasteiger partial charge in [0.1, 0.15) is 18.7 Å². The van der Waals surface area contributed by atoms with Crippen molar-refractivity contribution >= 4 is 18.0 Å². The van der Waals surface area contributed by atoms with Gasteiger partial charge in [-0.15, -0.1) is 0 Å². The molecule has 0 heterocycles. The molecule has 8 nitrogen and oxygen atoms in total. The predicted molar refractivity (Wildman–Crippen MR) is 118 cm³/mol. The van der Waals surface area contributed by atoms with E-state index in [1.807, 2.05) is 55.5 Å². The van der Waals surface area contributed by atoms with Crippen LogP contribution >= 0.6 is 0 Å². The molecule has 0 spiro atoms. The molecule has 0 radical (unpaired) electrons. The van der Waals surface area contributed by atoms with Gasteiger partial charge in [0, 0.05) is 5.92 Å². The van der Waals surface area contributed by atoms with Gasteiger partial charge < -0.3 is 25.6 Å². The number of benzene rings is 2. The molecule has 2 aromatic rings. The van der Waals surface area contributed by atoms with Crippen LogP contribution in [0, 0.1) is 5.92 Å². The number of ether oxygens (including phenoxy) is 1. The van der Waals surface area contributed by atoms with Crippen LogP contribution in [0.3, 0.4) is 0 Å². The fourth-order valence-corrected chi connectivity index (χ4v) is 3.92. The molecule has 32 heavy (non-hydrogen) atoms. The maximum absolute atomic E-state index is 12.6. The molecule has 0 bridgehead atoms. The fourth-order valence-electron chi connectivity index (χ4n) is 3.92. The van der Waals surface area contributed by atoms with E-state index in [9.17, 15) is 14.4 Å². The van der Waals surface area contributed by atoms with Crippen LogP contribution in [-0.2, 0) is 14.3 Å². The van der Waals surface area contributed by atoms with Crippen molar-refractivity contribution < 1.29 is 29.3 Å². The normalized spacial score (nSPS) is 15.1. The Bertz CT molecular complexity index is 946. The smallest absolute Gasteiger partial charge is 0.407 e. The van der Waals surface area contributed by atoms with Gasteiger partial charge in [0.2, 0.25) is 5.91 Å². The molecule has 170 valence electrons. The first-order valence-electron chi connectivity index (χ1n) is 10.6. The molecule has 4 N–H and O–H groups in total. The molecule has 1 aliphatic rings. The predicted octanol–water partition coefficient (Wildman–Crippen LogP) is 2.50. The van der Waals surface area contributed by atoms with E-state index >= 15 is 0 Å². The second kappa shape index (κ2) is 10.3. The van der Waals surface area contributed by atoms with Crippen LogP contribution in [-0.4, -0.2) is 53.5 Å². The van der Waals surface area contributed by atoms with Gasteiger partial charge in [0.25, 0.3) is 0 Å². The number of hydrogen-bond acceptors (Lipinski definition) is 5. The molecular weight excluding hydrogens is 412 g/mol. The molecule has 3 atom stereocenters. The van der Waals surface area contributed by atoms with E-state index in [1.165, 1.54) is 0 Å².